The highest BCUT2D eigenvalue weighted by Gasteiger charge is 2.29. The van der Waals surface area contributed by atoms with Crippen LogP contribution in [0.2, 0.25) is 0 Å². The number of carbonyl (C=O) groups is 3. The van der Waals surface area contributed by atoms with Crippen molar-refractivity contribution < 1.29 is 38.1 Å². The number of amides is 1. The zero-order chi connectivity index (χ0) is 20.7. The molecule has 1 aliphatic heterocycles. The maximum Gasteiger partial charge on any atom is 0.342 e. The zero-order valence-corrected chi connectivity index (χ0v) is 16.5. The molecule has 0 spiro atoms. The van der Waals surface area contributed by atoms with Crippen LogP contribution in [-0.4, -0.2) is 70.9 Å². The van der Waals surface area contributed by atoms with Crippen LogP contribution in [0.1, 0.15) is 23.2 Å². The van der Waals surface area contributed by atoms with Crippen molar-refractivity contribution in [2.24, 2.45) is 5.92 Å². The average Bonchev–Trinajstić information content (AvgIpc) is 2.75. The lowest BCUT2D eigenvalue weighted by molar-refractivity contribution is -0.149. The lowest BCUT2D eigenvalue weighted by Crippen LogP contribution is -2.42. The molecule has 0 saturated carbocycles. The molecule has 9 nitrogen and oxygen atoms in total. The smallest absolute Gasteiger partial charge is 0.342 e. The highest BCUT2D eigenvalue weighted by atomic mass is 16.5. The second-order valence-electron chi connectivity index (χ2n) is 6.14. The number of benzene rings is 1. The van der Waals surface area contributed by atoms with E-state index in [0.717, 1.165) is 0 Å². The molecule has 1 saturated heterocycles. The molecule has 2 rings (SSSR count). The molecule has 1 aromatic rings. The van der Waals surface area contributed by atoms with E-state index in [-0.39, 0.29) is 34.9 Å². The van der Waals surface area contributed by atoms with Crippen molar-refractivity contribution in [1.29, 1.82) is 0 Å². The molecule has 1 fully saturated rings. The van der Waals surface area contributed by atoms with Gasteiger partial charge in [0.1, 0.15) is 5.56 Å². The molecule has 1 heterocycles. The lowest BCUT2D eigenvalue weighted by atomic mass is 9.97. The van der Waals surface area contributed by atoms with Gasteiger partial charge in [-0.05, 0) is 25.0 Å². The highest BCUT2D eigenvalue weighted by molar-refractivity contribution is 5.95. The number of hydrogen-bond acceptors (Lipinski definition) is 8. The SMILES string of the molecule is COC(=O)C1CCN(C(=O)COC(=O)c2ccc(OC)c(OC)c2OC)CC1. The van der Waals surface area contributed by atoms with Crippen LogP contribution in [0, 0.1) is 5.92 Å². The van der Waals surface area contributed by atoms with E-state index in [9.17, 15) is 14.4 Å². The summed E-state index contributed by atoms with van der Waals surface area (Å²) in [6, 6.07) is 3.03. The minimum Gasteiger partial charge on any atom is -0.493 e. The van der Waals surface area contributed by atoms with Crippen LogP contribution in [0.5, 0.6) is 17.2 Å². The summed E-state index contributed by atoms with van der Waals surface area (Å²) < 4.78 is 25.5. The normalized spacial score (nSPS) is 14.2. The lowest BCUT2D eigenvalue weighted by Gasteiger charge is -2.30. The summed E-state index contributed by atoms with van der Waals surface area (Å²) in [4.78, 5) is 37.9. The van der Waals surface area contributed by atoms with Gasteiger partial charge in [0.25, 0.3) is 5.91 Å². The van der Waals surface area contributed by atoms with E-state index in [2.05, 4.69) is 0 Å². The van der Waals surface area contributed by atoms with E-state index >= 15 is 0 Å². The van der Waals surface area contributed by atoms with Crippen LogP contribution in [0.25, 0.3) is 0 Å². The van der Waals surface area contributed by atoms with Gasteiger partial charge in [-0.3, -0.25) is 9.59 Å². The predicted octanol–water partition coefficient (Wildman–Crippen LogP) is 1.28. The number of carbonyl (C=O) groups excluding carboxylic acids is 3. The Labute approximate surface area is 163 Å². The molecule has 154 valence electrons. The van der Waals surface area contributed by atoms with Crippen molar-refractivity contribution >= 4 is 17.8 Å². The number of nitrogens with zero attached hydrogens (tertiary/aromatic N) is 1. The van der Waals surface area contributed by atoms with E-state index in [1.165, 1.54) is 34.5 Å². The Morgan fingerprint density at radius 1 is 0.964 bits per heavy atom. The van der Waals surface area contributed by atoms with Gasteiger partial charge in [0.05, 0.1) is 34.4 Å². The Morgan fingerprint density at radius 2 is 1.61 bits per heavy atom. The first-order chi connectivity index (χ1) is 13.5. The van der Waals surface area contributed by atoms with Crippen molar-refractivity contribution in [3.05, 3.63) is 17.7 Å². The third-order valence-corrected chi connectivity index (χ3v) is 4.63. The van der Waals surface area contributed by atoms with E-state index in [0.29, 0.717) is 31.7 Å². The number of likely N-dealkylation sites (tertiary alicyclic amines) is 1. The number of ether oxygens (including phenoxy) is 5. The van der Waals surface area contributed by atoms with Gasteiger partial charge in [0, 0.05) is 13.1 Å². The Hall–Kier alpha value is -2.97. The average molecular weight is 395 g/mol. The quantitative estimate of drug-likeness (QED) is 0.637. The van der Waals surface area contributed by atoms with E-state index < -0.39 is 12.6 Å². The fourth-order valence-electron chi connectivity index (χ4n) is 3.09. The molecule has 0 aliphatic carbocycles. The predicted molar refractivity (Wildman–Crippen MR) is 97.7 cm³/mol. The van der Waals surface area contributed by atoms with Gasteiger partial charge in [-0.15, -0.1) is 0 Å². The van der Waals surface area contributed by atoms with E-state index in [1.54, 1.807) is 11.0 Å². The second kappa shape index (κ2) is 9.82. The van der Waals surface area contributed by atoms with Gasteiger partial charge in [0.2, 0.25) is 5.75 Å². The standard InChI is InChI=1S/C19H25NO8/c1-24-14-6-5-13(16(25-2)17(14)26-3)19(23)28-11-15(21)20-9-7-12(8-10-20)18(22)27-4/h5-6,12H,7-11H2,1-4H3. The summed E-state index contributed by atoms with van der Waals surface area (Å²) in [5.74, 6) is -0.673. The molecule has 0 aromatic heterocycles. The summed E-state index contributed by atoms with van der Waals surface area (Å²) in [6.45, 7) is 0.422. The van der Waals surface area contributed by atoms with Crippen molar-refractivity contribution in [2.45, 2.75) is 12.8 Å². The van der Waals surface area contributed by atoms with Crippen LogP contribution >= 0.6 is 0 Å². The van der Waals surface area contributed by atoms with Gasteiger partial charge in [0.15, 0.2) is 18.1 Å². The van der Waals surface area contributed by atoms with E-state index in [4.69, 9.17) is 23.7 Å². The van der Waals surface area contributed by atoms with Gasteiger partial charge in [-0.2, -0.15) is 0 Å². The Balaban J connectivity index is 1.97. The molecule has 0 radical (unpaired) electrons. The van der Waals surface area contributed by atoms with Gasteiger partial charge in [-0.25, -0.2) is 4.79 Å². The molecule has 9 heteroatoms. The van der Waals surface area contributed by atoms with Gasteiger partial charge < -0.3 is 28.6 Å². The van der Waals surface area contributed by atoms with Crippen molar-refractivity contribution in [2.75, 3.05) is 48.1 Å². The molecule has 0 atom stereocenters. The van der Waals surface area contributed by atoms with Crippen LogP contribution in [0.15, 0.2) is 12.1 Å². The van der Waals surface area contributed by atoms with Crippen LogP contribution < -0.4 is 14.2 Å². The van der Waals surface area contributed by atoms with Crippen molar-refractivity contribution in [3.63, 3.8) is 0 Å². The molecule has 1 amide bonds. The third-order valence-electron chi connectivity index (χ3n) is 4.63. The monoisotopic (exact) mass is 395 g/mol. The van der Waals surface area contributed by atoms with Crippen molar-refractivity contribution in [1.82, 2.24) is 4.90 Å². The first kappa shape index (κ1) is 21.3. The molecule has 1 aromatic carbocycles. The first-order valence-corrected chi connectivity index (χ1v) is 8.78. The topological polar surface area (TPSA) is 101 Å². The Bertz CT molecular complexity index is 725. The first-order valence-electron chi connectivity index (χ1n) is 8.78. The number of piperidine rings is 1. The number of methoxy groups -OCH3 is 4. The Kier molecular flexibility index (Phi) is 7.48. The van der Waals surface area contributed by atoms with Gasteiger partial charge in [-0.1, -0.05) is 0 Å². The number of rotatable bonds is 7. The van der Waals surface area contributed by atoms with E-state index in [1.807, 2.05) is 0 Å². The zero-order valence-electron chi connectivity index (χ0n) is 16.5. The fraction of sp³-hybridized carbons (Fsp3) is 0.526. The van der Waals surface area contributed by atoms with Gasteiger partial charge >= 0.3 is 11.9 Å². The molecular formula is C19H25NO8. The second-order valence-corrected chi connectivity index (χ2v) is 6.14. The van der Waals surface area contributed by atoms with Crippen molar-refractivity contribution in [3.8, 4) is 17.2 Å². The highest BCUT2D eigenvalue weighted by Crippen LogP contribution is 2.39. The molecule has 0 bridgehead atoms. The third kappa shape index (κ3) is 4.65. The summed E-state index contributed by atoms with van der Waals surface area (Å²) in [5, 5.41) is 0. The molecular weight excluding hydrogens is 370 g/mol. The molecule has 1 aliphatic rings. The minimum atomic E-state index is -0.712. The van der Waals surface area contributed by atoms with Crippen LogP contribution in [0.4, 0.5) is 0 Å². The summed E-state index contributed by atoms with van der Waals surface area (Å²) >= 11 is 0. The Morgan fingerprint density at radius 3 is 2.14 bits per heavy atom. The number of esters is 2. The largest absolute Gasteiger partial charge is 0.493 e. The fourth-order valence-corrected chi connectivity index (χ4v) is 3.09. The minimum absolute atomic E-state index is 0.123. The molecule has 28 heavy (non-hydrogen) atoms. The number of hydrogen-bond donors (Lipinski definition) is 0. The molecule has 0 N–H and O–H groups in total. The molecule has 0 unspecified atom stereocenters. The van der Waals surface area contributed by atoms with Crippen LogP contribution in [-0.2, 0) is 19.1 Å². The maximum absolute atomic E-state index is 12.4. The maximum atomic E-state index is 12.4. The summed E-state index contributed by atoms with van der Waals surface area (Å²) in [6.07, 6.45) is 1.05. The summed E-state index contributed by atoms with van der Waals surface area (Å²) in [5.41, 5.74) is 0.123. The van der Waals surface area contributed by atoms with Crippen LogP contribution in [0.3, 0.4) is 0 Å². The summed E-state index contributed by atoms with van der Waals surface area (Å²) in [7, 11) is 5.64.